The van der Waals surface area contributed by atoms with Gasteiger partial charge in [-0.2, -0.15) is 0 Å². The summed E-state index contributed by atoms with van der Waals surface area (Å²) in [5, 5.41) is 1.03. The molecule has 0 radical (unpaired) electrons. The number of nitrogens with zero attached hydrogens (tertiary/aromatic N) is 4. The molecule has 1 aliphatic heterocycles. The lowest BCUT2D eigenvalue weighted by molar-refractivity contribution is 0.174. The Kier molecular flexibility index (Phi) is 4.44. The molecule has 2 aromatic heterocycles. The Labute approximate surface area is 168 Å². The minimum Gasteiger partial charge on any atom is -0.454 e. The van der Waals surface area contributed by atoms with Crippen molar-refractivity contribution < 1.29 is 9.47 Å². The number of para-hydroxylation sites is 1. The highest BCUT2D eigenvalue weighted by molar-refractivity contribution is 5.91. The molecule has 0 bridgehead atoms. The number of fused-ring (bicyclic) bond motifs is 2. The Morgan fingerprint density at radius 3 is 2.72 bits per heavy atom. The first-order valence-electron chi connectivity index (χ1n) is 9.62. The van der Waals surface area contributed by atoms with E-state index in [4.69, 9.17) is 19.4 Å². The average molecular weight is 384 g/mol. The van der Waals surface area contributed by atoms with E-state index in [-0.39, 0.29) is 6.79 Å². The quantitative estimate of drug-likeness (QED) is 0.507. The Balaban J connectivity index is 1.58. The highest BCUT2D eigenvalue weighted by Crippen LogP contribution is 2.34. The molecular weight excluding hydrogens is 364 g/mol. The van der Waals surface area contributed by atoms with Crippen LogP contribution in [0.4, 0.5) is 5.82 Å². The summed E-state index contributed by atoms with van der Waals surface area (Å²) in [7, 11) is 0. The summed E-state index contributed by atoms with van der Waals surface area (Å²) in [6.07, 6.45) is 3.55. The van der Waals surface area contributed by atoms with Crippen molar-refractivity contribution in [2.24, 2.45) is 0 Å². The van der Waals surface area contributed by atoms with E-state index in [0.29, 0.717) is 12.4 Å². The maximum atomic E-state index is 5.53. The van der Waals surface area contributed by atoms with Crippen molar-refractivity contribution in [3.05, 3.63) is 72.6 Å². The van der Waals surface area contributed by atoms with E-state index in [0.717, 1.165) is 45.9 Å². The Morgan fingerprint density at radius 1 is 0.966 bits per heavy atom. The Hall–Kier alpha value is -3.67. The molecule has 0 saturated heterocycles. The van der Waals surface area contributed by atoms with Gasteiger partial charge in [-0.3, -0.25) is 4.98 Å². The monoisotopic (exact) mass is 384 g/mol. The summed E-state index contributed by atoms with van der Waals surface area (Å²) < 4.78 is 11.0. The van der Waals surface area contributed by atoms with Gasteiger partial charge in [-0.1, -0.05) is 18.2 Å². The third-order valence-electron chi connectivity index (χ3n) is 4.99. The zero-order valence-electron chi connectivity index (χ0n) is 16.1. The molecule has 0 spiro atoms. The molecular formula is C23H20N4O2. The topological polar surface area (TPSA) is 60.4 Å². The zero-order valence-corrected chi connectivity index (χ0v) is 16.1. The van der Waals surface area contributed by atoms with Gasteiger partial charge >= 0.3 is 0 Å². The number of hydrogen-bond donors (Lipinski definition) is 0. The number of ether oxygens (including phenoxy) is 2. The highest BCUT2D eigenvalue weighted by atomic mass is 16.7. The van der Waals surface area contributed by atoms with Crippen molar-refractivity contribution in [2.45, 2.75) is 13.5 Å². The molecule has 3 heterocycles. The molecule has 0 saturated carbocycles. The number of benzene rings is 2. The molecule has 2 aromatic carbocycles. The van der Waals surface area contributed by atoms with E-state index in [1.165, 1.54) is 0 Å². The SMILES string of the molecule is CCN(Cc1ccc2c(c1)OCO2)c1nc(-c2cccnc2)nc2ccccc12. The maximum Gasteiger partial charge on any atom is 0.231 e. The van der Waals surface area contributed by atoms with Gasteiger partial charge in [0, 0.05) is 36.4 Å². The summed E-state index contributed by atoms with van der Waals surface area (Å²) in [6.45, 7) is 3.93. The molecule has 0 amide bonds. The molecule has 0 aliphatic carbocycles. The zero-order chi connectivity index (χ0) is 19.6. The van der Waals surface area contributed by atoms with Crippen LogP contribution in [-0.4, -0.2) is 28.3 Å². The second kappa shape index (κ2) is 7.39. The smallest absolute Gasteiger partial charge is 0.231 e. The van der Waals surface area contributed by atoms with Gasteiger partial charge in [-0.25, -0.2) is 9.97 Å². The summed E-state index contributed by atoms with van der Waals surface area (Å²) in [5.41, 5.74) is 2.96. The van der Waals surface area contributed by atoms with E-state index in [1.54, 1.807) is 12.4 Å². The predicted molar refractivity (Wildman–Crippen MR) is 112 cm³/mol. The molecule has 1 aliphatic rings. The molecule has 5 rings (SSSR count). The minimum atomic E-state index is 0.279. The van der Waals surface area contributed by atoms with Crippen LogP contribution in [0.25, 0.3) is 22.3 Å². The Bertz CT molecular complexity index is 1160. The normalized spacial score (nSPS) is 12.3. The van der Waals surface area contributed by atoms with Crippen LogP contribution in [0, 0.1) is 0 Å². The lowest BCUT2D eigenvalue weighted by Crippen LogP contribution is -2.23. The summed E-state index contributed by atoms with van der Waals surface area (Å²) in [6, 6.07) is 18.1. The number of hydrogen-bond acceptors (Lipinski definition) is 6. The first-order chi connectivity index (χ1) is 14.3. The van der Waals surface area contributed by atoms with Gasteiger partial charge in [0.15, 0.2) is 17.3 Å². The van der Waals surface area contributed by atoms with E-state index in [2.05, 4.69) is 28.9 Å². The van der Waals surface area contributed by atoms with Gasteiger partial charge in [-0.15, -0.1) is 0 Å². The lowest BCUT2D eigenvalue weighted by atomic mass is 10.1. The number of aromatic nitrogens is 3. The van der Waals surface area contributed by atoms with E-state index in [9.17, 15) is 0 Å². The molecule has 144 valence electrons. The maximum absolute atomic E-state index is 5.53. The third-order valence-corrected chi connectivity index (χ3v) is 4.99. The molecule has 6 nitrogen and oxygen atoms in total. The summed E-state index contributed by atoms with van der Waals surface area (Å²) >= 11 is 0. The van der Waals surface area contributed by atoms with Crippen LogP contribution in [0.3, 0.4) is 0 Å². The number of pyridine rings is 1. The van der Waals surface area contributed by atoms with Gasteiger partial charge in [0.25, 0.3) is 0 Å². The van der Waals surface area contributed by atoms with Crippen molar-refractivity contribution >= 4 is 16.7 Å². The lowest BCUT2D eigenvalue weighted by Gasteiger charge is -2.24. The van der Waals surface area contributed by atoms with Crippen LogP contribution >= 0.6 is 0 Å². The minimum absolute atomic E-state index is 0.279. The molecule has 0 fully saturated rings. The van der Waals surface area contributed by atoms with Gasteiger partial charge in [-0.05, 0) is 48.9 Å². The van der Waals surface area contributed by atoms with Gasteiger partial charge in [0.05, 0.1) is 5.52 Å². The van der Waals surface area contributed by atoms with Crippen LogP contribution in [0.2, 0.25) is 0 Å². The molecule has 0 atom stereocenters. The highest BCUT2D eigenvalue weighted by Gasteiger charge is 2.17. The standard InChI is InChI=1S/C23H20N4O2/c1-2-27(14-16-9-10-20-21(12-16)29-15-28-20)23-18-7-3-4-8-19(18)25-22(26-23)17-6-5-11-24-13-17/h3-13H,2,14-15H2,1H3. The largest absolute Gasteiger partial charge is 0.454 e. The summed E-state index contributed by atoms with van der Waals surface area (Å²) in [4.78, 5) is 16.2. The molecule has 29 heavy (non-hydrogen) atoms. The first-order valence-corrected chi connectivity index (χ1v) is 9.62. The van der Waals surface area contributed by atoms with Crippen LogP contribution in [-0.2, 0) is 6.54 Å². The molecule has 0 N–H and O–H groups in total. The fraction of sp³-hybridized carbons (Fsp3) is 0.174. The van der Waals surface area contributed by atoms with Crippen LogP contribution in [0.1, 0.15) is 12.5 Å². The van der Waals surface area contributed by atoms with Crippen molar-refractivity contribution in [2.75, 3.05) is 18.2 Å². The molecule has 6 heteroatoms. The van der Waals surface area contributed by atoms with Gasteiger partial charge < -0.3 is 14.4 Å². The van der Waals surface area contributed by atoms with Gasteiger partial charge in [0.1, 0.15) is 5.82 Å². The number of rotatable bonds is 5. The van der Waals surface area contributed by atoms with Crippen molar-refractivity contribution in [3.8, 4) is 22.9 Å². The van der Waals surface area contributed by atoms with E-state index >= 15 is 0 Å². The number of anilines is 1. The van der Waals surface area contributed by atoms with Gasteiger partial charge in [0.2, 0.25) is 6.79 Å². The first kappa shape index (κ1) is 17.4. The van der Waals surface area contributed by atoms with E-state index < -0.39 is 0 Å². The van der Waals surface area contributed by atoms with Crippen molar-refractivity contribution in [3.63, 3.8) is 0 Å². The molecule has 0 unspecified atom stereocenters. The summed E-state index contributed by atoms with van der Waals surface area (Å²) in [5.74, 6) is 3.18. The second-order valence-corrected chi connectivity index (χ2v) is 6.83. The van der Waals surface area contributed by atoms with Crippen LogP contribution in [0.5, 0.6) is 11.5 Å². The Morgan fingerprint density at radius 2 is 1.86 bits per heavy atom. The average Bonchev–Trinajstić information content (AvgIpc) is 3.25. The predicted octanol–water partition coefficient (Wildman–Crippen LogP) is 4.45. The van der Waals surface area contributed by atoms with Crippen molar-refractivity contribution in [1.29, 1.82) is 0 Å². The van der Waals surface area contributed by atoms with Crippen molar-refractivity contribution in [1.82, 2.24) is 15.0 Å². The fourth-order valence-corrected chi connectivity index (χ4v) is 3.52. The molecule has 4 aromatic rings. The third kappa shape index (κ3) is 3.33. The van der Waals surface area contributed by atoms with Crippen LogP contribution in [0.15, 0.2) is 67.0 Å². The fourth-order valence-electron chi connectivity index (χ4n) is 3.52. The second-order valence-electron chi connectivity index (χ2n) is 6.83. The van der Waals surface area contributed by atoms with E-state index in [1.807, 2.05) is 42.5 Å². The van der Waals surface area contributed by atoms with Crippen LogP contribution < -0.4 is 14.4 Å².